The fraction of sp³-hybridized carbons (Fsp3) is 0.667. The Bertz CT molecular complexity index is 487. The van der Waals surface area contributed by atoms with Crippen molar-refractivity contribution in [2.75, 3.05) is 32.7 Å². The lowest BCUT2D eigenvalue weighted by molar-refractivity contribution is 0.0538. The maximum absolute atomic E-state index is 5.89. The molecule has 2 N–H and O–H groups in total. The first-order valence-corrected chi connectivity index (χ1v) is 8.37. The van der Waals surface area contributed by atoms with Crippen molar-refractivity contribution >= 4 is 0 Å². The summed E-state index contributed by atoms with van der Waals surface area (Å²) in [6.45, 7) is 10.9. The van der Waals surface area contributed by atoms with Gasteiger partial charge in [-0.15, -0.1) is 0 Å². The van der Waals surface area contributed by atoms with Crippen LogP contribution in [-0.2, 0) is 19.4 Å². The van der Waals surface area contributed by atoms with E-state index >= 15 is 0 Å². The highest BCUT2D eigenvalue weighted by molar-refractivity contribution is 5.35. The van der Waals surface area contributed by atoms with E-state index in [2.05, 4.69) is 41.8 Å². The van der Waals surface area contributed by atoms with Crippen LogP contribution in [0.5, 0.6) is 0 Å². The van der Waals surface area contributed by atoms with E-state index in [1.165, 1.54) is 24.8 Å². The second kappa shape index (κ2) is 6.07. The van der Waals surface area contributed by atoms with Crippen LogP contribution >= 0.6 is 0 Å². The van der Waals surface area contributed by atoms with Gasteiger partial charge in [-0.2, -0.15) is 0 Å². The molecule has 1 aromatic carbocycles. The first-order valence-electron chi connectivity index (χ1n) is 8.37. The molecule has 0 amide bonds. The van der Waals surface area contributed by atoms with Crippen LogP contribution in [0.1, 0.15) is 37.0 Å². The van der Waals surface area contributed by atoms with Crippen molar-refractivity contribution in [3.05, 3.63) is 34.9 Å². The highest BCUT2D eigenvalue weighted by Gasteiger charge is 2.28. The zero-order valence-electron chi connectivity index (χ0n) is 13.6. The molecule has 116 valence electrons. The SMILES string of the molecule is CC(C)(CN)N1CCN(Cc2ccc3c(c2)CCC3)CC1. The first-order chi connectivity index (χ1) is 10.1. The van der Waals surface area contributed by atoms with Gasteiger partial charge in [0.1, 0.15) is 0 Å². The van der Waals surface area contributed by atoms with Crippen LogP contribution < -0.4 is 5.73 Å². The van der Waals surface area contributed by atoms with E-state index in [0.717, 1.165) is 39.3 Å². The van der Waals surface area contributed by atoms with Crippen LogP contribution in [0.25, 0.3) is 0 Å². The lowest BCUT2D eigenvalue weighted by Crippen LogP contribution is -2.57. The standard InChI is InChI=1S/C18H29N3/c1-18(2,14-19)21-10-8-20(9-11-21)13-15-6-7-16-4-3-5-17(16)12-15/h6-7,12H,3-5,8-11,13-14,19H2,1-2H3. The predicted octanol–water partition coefficient (Wildman–Crippen LogP) is 2.03. The first kappa shape index (κ1) is 15.0. The van der Waals surface area contributed by atoms with Gasteiger partial charge in [0.05, 0.1) is 0 Å². The van der Waals surface area contributed by atoms with Crippen molar-refractivity contribution in [2.24, 2.45) is 5.73 Å². The van der Waals surface area contributed by atoms with Gasteiger partial charge in [-0.05, 0) is 49.8 Å². The third kappa shape index (κ3) is 3.31. The molecule has 1 aromatic rings. The van der Waals surface area contributed by atoms with Gasteiger partial charge < -0.3 is 5.73 Å². The van der Waals surface area contributed by atoms with Gasteiger partial charge in [-0.25, -0.2) is 0 Å². The van der Waals surface area contributed by atoms with Gasteiger partial charge >= 0.3 is 0 Å². The second-order valence-electron chi connectivity index (χ2n) is 7.24. The summed E-state index contributed by atoms with van der Waals surface area (Å²) < 4.78 is 0. The lowest BCUT2D eigenvalue weighted by Gasteiger charge is -2.43. The molecule has 1 fully saturated rings. The maximum Gasteiger partial charge on any atom is 0.0276 e. The molecule has 1 heterocycles. The number of fused-ring (bicyclic) bond motifs is 1. The minimum absolute atomic E-state index is 0.139. The molecule has 0 atom stereocenters. The molecule has 0 spiro atoms. The Morgan fingerprint density at radius 1 is 1.05 bits per heavy atom. The van der Waals surface area contributed by atoms with E-state index in [0.29, 0.717) is 0 Å². The Balaban J connectivity index is 1.56. The molecule has 0 aromatic heterocycles. The number of benzene rings is 1. The molecule has 0 unspecified atom stereocenters. The van der Waals surface area contributed by atoms with E-state index in [1.807, 2.05) is 0 Å². The summed E-state index contributed by atoms with van der Waals surface area (Å²) in [6, 6.07) is 7.13. The Kier molecular flexibility index (Phi) is 4.34. The highest BCUT2D eigenvalue weighted by atomic mass is 15.3. The van der Waals surface area contributed by atoms with Gasteiger partial charge in [-0.1, -0.05) is 18.2 Å². The van der Waals surface area contributed by atoms with Gasteiger partial charge in [0, 0.05) is 44.8 Å². The van der Waals surface area contributed by atoms with Crippen LogP contribution in [0, 0.1) is 0 Å². The number of nitrogens with zero attached hydrogens (tertiary/aromatic N) is 2. The molecule has 0 radical (unpaired) electrons. The van der Waals surface area contributed by atoms with Crippen LogP contribution in [0.4, 0.5) is 0 Å². The van der Waals surface area contributed by atoms with Crippen LogP contribution in [0.3, 0.4) is 0 Å². The average molecular weight is 287 g/mol. The number of hydrogen-bond acceptors (Lipinski definition) is 3. The summed E-state index contributed by atoms with van der Waals surface area (Å²) in [7, 11) is 0. The summed E-state index contributed by atoms with van der Waals surface area (Å²) >= 11 is 0. The summed E-state index contributed by atoms with van der Waals surface area (Å²) in [5.41, 5.74) is 10.7. The highest BCUT2D eigenvalue weighted by Crippen LogP contribution is 2.24. The molecule has 1 aliphatic heterocycles. The predicted molar refractivity (Wildman–Crippen MR) is 88.5 cm³/mol. The van der Waals surface area contributed by atoms with Crippen molar-refractivity contribution in [3.63, 3.8) is 0 Å². The maximum atomic E-state index is 5.89. The summed E-state index contributed by atoms with van der Waals surface area (Å²) in [5, 5.41) is 0. The molecule has 21 heavy (non-hydrogen) atoms. The molecular formula is C18H29N3. The molecule has 0 saturated carbocycles. The van der Waals surface area contributed by atoms with Crippen molar-refractivity contribution in [2.45, 2.75) is 45.2 Å². The smallest absolute Gasteiger partial charge is 0.0276 e. The summed E-state index contributed by atoms with van der Waals surface area (Å²) in [4.78, 5) is 5.12. The Labute approximate surface area is 129 Å². The Morgan fingerprint density at radius 3 is 2.48 bits per heavy atom. The van der Waals surface area contributed by atoms with Gasteiger partial charge in [0.2, 0.25) is 0 Å². The van der Waals surface area contributed by atoms with Gasteiger partial charge in [0.15, 0.2) is 0 Å². The molecule has 1 saturated heterocycles. The molecule has 3 rings (SSSR count). The van der Waals surface area contributed by atoms with Crippen LogP contribution in [0.15, 0.2) is 18.2 Å². The monoisotopic (exact) mass is 287 g/mol. The molecular weight excluding hydrogens is 258 g/mol. The van der Waals surface area contributed by atoms with Crippen LogP contribution in [0.2, 0.25) is 0 Å². The van der Waals surface area contributed by atoms with Gasteiger partial charge in [-0.3, -0.25) is 9.80 Å². The summed E-state index contributed by atoms with van der Waals surface area (Å²) in [6.07, 6.45) is 3.90. The van der Waals surface area contributed by atoms with Crippen LogP contribution in [-0.4, -0.2) is 48.1 Å². The largest absolute Gasteiger partial charge is 0.329 e. The number of aryl methyl sites for hydroxylation is 2. The van der Waals surface area contributed by atoms with Crippen molar-refractivity contribution < 1.29 is 0 Å². The van der Waals surface area contributed by atoms with E-state index in [9.17, 15) is 0 Å². The number of rotatable bonds is 4. The van der Waals surface area contributed by atoms with E-state index in [4.69, 9.17) is 5.73 Å². The van der Waals surface area contributed by atoms with E-state index in [1.54, 1.807) is 11.1 Å². The van der Waals surface area contributed by atoms with Crippen molar-refractivity contribution in [1.29, 1.82) is 0 Å². The normalized spacial score (nSPS) is 20.7. The average Bonchev–Trinajstić information content (AvgIpc) is 2.95. The van der Waals surface area contributed by atoms with E-state index < -0.39 is 0 Å². The number of nitrogens with two attached hydrogens (primary N) is 1. The zero-order valence-corrected chi connectivity index (χ0v) is 13.6. The number of piperazine rings is 1. The zero-order chi connectivity index (χ0) is 14.9. The number of hydrogen-bond donors (Lipinski definition) is 1. The third-order valence-corrected chi connectivity index (χ3v) is 5.30. The minimum atomic E-state index is 0.139. The second-order valence-corrected chi connectivity index (χ2v) is 7.24. The molecule has 3 nitrogen and oxygen atoms in total. The van der Waals surface area contributed by atoms with E-state index in [-0.39, 0.29) is 5.54 Å². The Hall–Kier alpha value is -0.900. The van der Waals surface area contributed by atoms with Gasteiger partial charge in [0.25, 0.3) is 0 Å². The molecule has 0 bridgehead atoms. The molecule has 2 aliphatic rings. The fourth-order valence-corrected chi connectivity index (χ4v) is 3.62. The summed E-state index contributed by atoms with van der Waals surface area (Å²) in [5.74, 6) is 0. The molecule has 1 aliphatic carbocycles. The third-order valence-electron chi connectivity index (χ3n) is 5.30. The minimum Gasteiger partial charge on any atom is -0.329 e. The topological polar surface area (TPSA) is 32.5 Å². The molecule has 3 heteroatoms. The van der Waals surface area contributed by atoms with Crippen molar-refractivity contribution in [1.82, 2.24) is 9.80 Å². The fourth-order valence-electron chi connectivity index (χ4n) is 3.62. The lowest BCUT2D eigenvalue weighted by atomic mass is 10.0. The quantitative estimate of drug-likeness (QED) is 0.920. The Morgan fingerprint density at radius 2 is 1.76 bits per heavy atom. The van der Waals surface area contributed by atoms with Crippen molar-refractivity contribution in [3.8, 4) is 0 Å².